The minimum Gasteiger partial charge on any atom is -0.383 e. The van der Waals surface area contributed by atoms with Crippen LogP contribution in [0.2, 0.25) is 0 Å². The van der Waals surface area contributed by atoms with Crippen LogP contribution in [-0.2, 0) is 4.74 Å². The van der Waals surface area contributed by atoms with Crippen LogP contribution < -0.4 is 5.32 Å². The number of carbonyl (C=O) groups is 1. The minimum absolute atomic E-state index is 0.134. The lowest BCUT2D eigenvalue weighted by Crippen LogP contribution is -2.27. The maximum atomic E-state index is 12.6. The summed E-state index contributed by atoms with van der Waals surface area (Å²) in [7, 11) is 1.61. The molecule has 4 rings (SSSR count). The van der Waals surface area contributed by atoms with Crippen molar-refractivity contribution in [1.29, 1.82) is 0 Å². The van der Waals surface area contributed by atoms with Crippen LogP contribution in [-0.4, -0.2) is 45.9 Å². The highest BCUT2D eigenvalue weighted by molar-refractivity contribution is 7.12. The van der Waals surface area contributed by atoms with E-state index >= 15 is 0 Å². The van der Waals surface area contributed by atoms with Gasteiger partial charge in [0.25, 0.3) is 11.9 Å². The SMILES string of the molecule is COCCNC(=O)c1cnn(-c2nccc(-c3cc(C)sc3C)n2)c1C1CC1. The zero-order chi connectivity index (χ0) is 19.7. The van der Waals surface area contributed by atoms with Gasteiger partial charge in [-0.05, 0) is 38.8 Å². The summed E-state index contributed by atoms with van der Waals surface area (Å²) in [5.41, 5.74) is 3.47. The van der Waals surface area contributed by atoms with Gasteiger partial charge in [0.05, 0.1) is 29.8 Å². The molecular weight excluding hydrogens is 374 g/mol. The Hall–Kier alpha value is -2.58. The van der Waals surface area contributed by atoms with Gasteiger partial charge in [-0.15, -0.1) is 11.3 Å². The first kappa shape index (κ1) is 18.8. The summed E-state index contributed by atoms with van der Waals surface area (Å²) in [6, 6.07) is 4.06. The van der Waals surface area contributed by atoms with Crippen molar-refractivity contribution in [3.8, 4) is 17.2 Å². The Labute approximate surface area is 167 Å². The molecule has 1 saturated carbocycles. The summed E-state index contributed by atoms with van der Waals surface area (Å²) in [6.45, 7) is 5.13. The van der Waals surface area contributed by atoms with Crippen LogP contribution in [0.3, 0.4) is 0 Å². The standard InChI is InChI=1S/C20H23N5O2S/c1-12-10-15(13(2)28-12)17-6-7-22-20(24-17)25-18(14-4-5-14)16(11-23-25)19(26)21-8-9-27-3/h6-7,10-11,14H,4-5,8-9H2,1-3H3,(H,21,26). The number of hydrogen-bond acceptors (Lipinski definition) is 6. The van der Waals surface area contributed by atoms with Crippen molar-refractivity contribution in [3.05, 3.63) is 45.5 Å². The molecule has 146 valence electrons. The largest absolute Gasteiger partial charge is 0.383 e. The first-order valence-electron chi connectivity index (χ1n) is 9.34. The van der Waals surface area contributed by atoms with Crippen LogP contribution in [0.1, 0.15) is 44.6 Å². The number of amides is 1. The minimum atomic E-state index is -0.134. The second kappa shape index (κ2) is 7.81. The number of nitrogens with zero attached hydrogens (tertiary/aromatic N) is 4. The molecule has 3 heterocycles. The average Bonchev–Trinajstić information content (AvgIpc) is 3.33. The van der Waals surface area contributed by atoms with Gasteiger partial charge in [-0.3, -0.25) is 4.79 Å². The van der Waals surface area contributed by atoms with Crippen LogP contribution in [0.5, 0.6) is 0 Å². The number of rotatable bonds is 7. The van der Waals surface area contributed by atoms with Crippen molar-refractivity contribution in [2.75, 3.05) is 20.3 Å². The number of ether oxygens (including phenoxy) is 1. The van der Waals surface area contributed by atoms with Gasteiger partial charge in [-0.25, -0.2) is 14.6 Å². The molecule has 1 fully saturated rings. The van der Waals surface area contributed by atoms with E-state index in [1.807, 2.05) is 6.07 Å². The Balaban J connectivity index is 1.69. The van der Waals surface area contributed by atoms with Gasteiger partial charge >= 0.3 is 0 Å². The fourth-order valence-electron chi connectivity index (χ4n) is 3.29. The van der Waals surface area contributed by atoms with E-state index < -0.39 is 0 Å². The Kier molecular flexibility index (Phi) is 5.23. The highest BCUT2D eigenvalue weighted by Gasteiger charge is 2.33. The number of nitrogens with one attached hydrogen (secondary N) is 1. The van der Waals surface area contributed by atoms with Gasteiger partial charge in [0.1, 0.15) is 0 Å². The van der Waals surface area contributed by atoms with Crippen molar-refractivity contribution in [1.82, 2.24) is 25.1 Å². The van der Waals surface area contributed by atoms with E-state index in [-0.39, 0.29) is 5.91 Å². The van der Waals surface area contributed by atoms with Crippen molar-refractivity contribution >= 4 is 17.2 Å². The molecule has 0 saturated heterocycles. The van der Waals surface area contributed by atoms with Gasteiger partial charge in [0.15, 0.2) is 0 Å². The molecular formula is C20H23N5O2S. The maximum Gasteiger partial charge on any atom is 0.254 e. The molecule has 1 amide bonds. The van der Waals surface area contributed by atoms with E-state index in [2.05, 4.69) is 35.3 Å². The molecule has 1 aliphatic rings. The van der Waals surface area contributed by atoms with Crippen LogP contribution in [0, 0.1) is 13.8 Å². The van der Waals surface area contributed by atoms with E-state index in [1.165, 1.54) is 9.75 Å². The average molecular weight is 398 g/mol. The summed E-state index contributed by atoms with van der Waals surface area (Å²) >= 11 is 1.76. The molecule has 28 heavy (non-hydrogen) atoms. The lowest BCUT2D eigenvalue weighted by molar-refractivity contribution is 0.0936. The first-order valence-corrected chi connectivity index (χ1v) is 10.2. The molecule has 0 unspecified atom stereocenters. The van der Waals surface area contributed by atoms with Gasteiger partial charge in [-0.2, -0.15) is 5.10 Å². The highest BCUT2D eigenvalue weighted by Crippen LogP contribution is 2.42. The quantitative estimate of drug-likeness (QED) is 0.619. The van der Waals surface area contributed by atoms with E-state index in [1.54, 1.807) is 35.5 Å². The van der Waals surface area contributed by atoms with Gasteiger partial charge in [0.2, 0.25) is 0 Å². The number of carbonyl (C=O) groups excluding carboxylic acids is 1. The number of aromatic nitrogens is 4. The molecule has 0 bridgehead atoms. The monoisotopic (exact) mass is 397 g/mol. The molecule has 1 N–H and O–H groups in total. The molecule has 3 aromatic heterocycles. The van der Waals surface area contributed by atoms with E-state index in [0.29, 0.717) is 30.6 Å². The second-order valence-electron chi connectivity index (χ2n) is 6.95. The summed E-state index contributed by atoms with van der Waals surface area (Å²) in [4.78, 5) is 24.3. The smallest absolute Gasteiger partial charge is 0.254 e. The number of hydrogen-bond donors (Lipinski definition) is 1. The Bertz CT molecular complexity index is 1010. The van der Waals surface area contributed by atoms with Crippen LogP contribution in [0.15, 0.2) is 24.5 Å². The lowest BCUT2D eigenvalue weighted by atomic mass is 10.1. The van der Waals surface area contributed by atoms with Crippen molar-refractivity contribution < 1.29 is 9.53 Å². The predicted molar refractivity (Wildman–Crippen MR) is 108 cm³/mol. The third kappa shape index (κ3) is 3.70. The molecule has 1 aliphatic carbocycles. The maximum absolute atomic E-state index is 12.6. The molecule has 8 heteroatoms. The Morgan fingerprint density at radius 1 is 1.39 bits per heavy atom. The third-order valence-corrected chi connectivity index (χ3v) is 5.72. The molecule has 3 aromatic rings. The second-order valence-corrected chi connectivity index (χ2v) is 8.41. The Morgan fingerprint density at radius 3 is 2.89 bits per heavy atom. The van der Waals surface area contributed by atoms with Gasteiger partial charge < -0.3 is 10.1 Å². The molecule has 0 atom stereocenters. The number of methoxy groups -OCH3 is 1. The fraction of sp³-hybridized carbons (Fsp3) is 0.400. The van der Waals surface area contributed by atoms with E-state index in [9.17, 15) is 4.79 Å². The number of aryl methyl sites for hydroxylation is 2. The van der Waals surface area contributed by atoms with Crippen LogP contribution >= 0.6 is 11.3 Å². The molecule has 0 aromatic carbocycles. The van der Waals surface area contributed by atoms with Crippen LogP contribution in [0.4, 0.5) is 0 Å². The molecule has 0 aliphatic heterocycles. The lowest BCUT2D eigenvalue weighted by Gasteiger charge is -2.09. The zero-order valence-electron chi connectivity index (χ0n) is 16.2. The predicted octanol–water partition coefficient (Wildman–Crippen LogP) is 3.26. The number of thiophene rings is 1. The molecule has 7 nitrogen and oxygen atoms in total. The third-order valence-electron chi connectivity index (χ3n) is 4.76. The summed E-state index contributed by atoms with van der Waals surface area (Å²) in [6.07, 6.45) is 5.46. The summed E-state index contributed by atoms with van der Waals surface area (Å²) < 4.78 is 6.73. The highest BCUT2D eigenvalue weighted by atomic mass is 32.1. The van der Waals surface area contributed by atoms with Crippen LogP contribution in [0.25, 0.3) is 17.2 Å². The Morgan fingerprint density at radius 2 is 2.21 bits per heavy atom. The molecule has 0 radical (unpaired) electrons. The van der Waals surface area contributed by atoms with Crippen molar-refractivity contribution in [2.45, 2.75) is 32.6 Å². The van der Waals surface area contributed by atoms with E-state index in [4.69, 9.17) is 9.72 Å². The molecule has 0 spiro atoms. The first-order chi connectivity index (χ1) is 13.6. The summed E-state index contributed by atoms with van der Waals surface area (Å²) in [5, 5.41) is 7.34. The zero-order valence-corrected chi connectivity index (χ0v) is 17.0. The summed E-state index contributed by atoms with van der Waals surface area (Å²) in [5.74, 6) is 0.687. The normalized spacial score (nSPS) is 13.7. The van der Waals surface area contributed by atoms with Gasteiger partial charge in [-0.1, -0.05) is 0 Å². The van der Waals surface area contributed by atoms with E-state index in [0.717, 1.165) is 29.8 Å². The van der Waals surface area contributed by atoms with Gasteiger partial charge in [0, 0.05) is 41.1 Å². The van der Waals surface area contributed by atoms with Crippen molar-refractivity contribution in [2.24, 2.45) is 0 Å². The van der Waals surface area contributed by atoms with Crippen molar-refractivity contribution in [3.63, 3.8) is 0 Å². The topological polar surface area (TPSA) is 81.9 Å². The fourth-order valence-corrected chi connectivity index (χ4v) is 4.22.